The van der Waals surface area contributed by atoms with E-state index in [4.69, 9.17) is 16.3 Å². The van der Waals surface area contributed by atoms with Gasteiger partial charge in [-0.3, -0.25) is 9.52 Å². The Hall–Kier alpha value is -3.03. The van der Waals surface area contributed by atoms with E-state index in [-0.39, 0.29) is 10.8 Å². The van der Waals surface area contributed by atoms with E-state index in [1.165, 1.54) is 6.07 Å². The zero-order valence-electron chi connectivity index (χ0n) is 17.5. The fourth-order valence-corrected chi connectivity index (χ4v) is 4.98. The van der Waals surface area contributed by atoms with Crippen LogP contribution in [0.1, 0.15) is 29.3 Å². The summed E-state index contributed by atoms with van der Waals surface area (Å²) in [5.41, 5.74) is 2.46. The van der Waals surface area contributed by atoms with Crippen LogP contribution in [0, 0.1) is 0 Å². The first-order valence-electron chi connectivity index (χ1n) is 10.3. The molecule has 0 saturated heterocycles. The molecule has 6 nitrogen and oxygen atoms in total. The Balaban J connectivity index is 1.62. The molecule has 1 aliphatic heterocycles. The highest BCUT2D eigenvalue weighted by molar-refractivity contribution is 7.92. The highest BCUT2D eigenvalue weighted by Gasteiger charge is 2.26. The van der Waals surface area contributed by atoms with Crippen LogP contribution >= 0.6 is 11.6 Å². The first-order valence-corrected chi connectivity index (χ1v) is 12.2. The lowest BCUT2D eigenvalue weighted by Gasteiger charge is -2.30. The average molecular weight is 471 g/mol. The average Bonchev–Trinajstić information content (AvgIpc) is 2.79. The van der Waals surface area contributed by atoms with E-state index < -0.39 is 10.0 Å². The van der Waals surface area contributed by atoms with Gasteiger partial charge >= 0.3 is 0 Å². The molecule has 1 N–H and O–H groups in total. The molecule has 0 atom stereocenters. The van der Waals surface area contributed by atoms with Crippen LogP contribution in [0.4, 0.5) is 11.4 Å². The monoisotopic (exact) mass is 470 g/mol. The van der Waals surface area contributed by atoms with Gasteiger partial charge in [0.1, 0.15) is 5.75 Å². The Kier molecular flexibility index (Phi) is 6.39. The molecule has 4 rings (SSSR count). The van der Waals surface area contributed by atoms with E-state index >= 15 is 0 Å². The smallest absolute Gasteiger partial charge is 0.262 e. The van der Waals surface area contributed by atoms with Crippen molar-refractivity contribution in [1.29, 1.82) is 0 Å². The van der Waals surface area contributed by atoms with Crippen molar-refractivity contribution >= 4 is 38.9 Å². The first kappa shape index (κ1) is 22.2. The lowest BCUT2D eigenvalue weighted by Crippen LogP contribution is -2.35. The molecular formula is C24H23ClN2O4S. The van der Waals surface area contributed by atoms with Gasteiger partial charge in [0.25, 0.3) is 15.9 Å². The summed E-state index contributed by atoms with van der Waals surface area (Å²) in [4.78, 5) is 14.9. The first-order chi connectivity index (χ1) is 15.4. The van der Waals surface area contributed by atoms with Crippen LogP contribution in [-0.2, 0) is 16.4 Å². The number of sulfonamides is 1. The molecule has 0 radical (unpaired) electrons. The summed E-state index contributed by atoms with van der Waals surface area (Å²) < 4.78 is 34.2. The summed E-state index contributed by atoms with van der Waals surface area (Å²) in [6.07, 6.45) is 1.44. The molecule has 1 amide bonds. The third kappa shape index (κ3) is 4.59. The Morgan fingerprint density at radius 3 is 2.59 bits per heavy atom. The second-order valence-electron chi connectivity index (χ2n) is 7.39. The molecule has 166 valence electrons. The Morgan fingerprint density at radius 1 is 1.09 bits per heavy atom. The lowest BCUT2D eigenvalue weighted by molar-refractivity contribution is 0.0985. The van der Waals surface area contributed by atoms with Crippen LogP contribution in [0.15, 0.2) is 71.6 Å². The quantitative estimate of drug-likeness (QED) is 0.541. The number of benzene rings is 3. The molecule has 1 aliphatic rings. The molecule has 0 fully saturated rings. The van der Waals surface area contributed by atoms with Crippen LogP contribution in [0.25, 0.3) is 0 Å². The Bertz CT molecular complexity index is 1240. The van der Waals surface area contributed by atoms with Crippen LogP contribution in [0.3, 0.4) is 0 Å². The number of rotatable bonds is 6. The number of ether oxygens (including phenoxy) is 1. The molecule has 0 aromatic heterocycles. The maximum absolute atomic E-state index is 13.1. The molecule has 0 unspecified atom stereocenters. The topological polar surface area (TPSA) is 75.7 Å². The maximum atomic E-state index is 13.1. The third-order valence-corrected chi connectivity index (χ3v) is 6.86. The highest BCUT2D eigenvalue weighted by Crippen LogP contribution is 2.32. The minimum absolute atomic E-state index is 0.137. The van der Waals surface area contributed by atoms with Crippen molar-refractivity contribution in [3.63, 3.8) is 0 Å². The van der Waals surface area contributed by atoms with Crippen molar-refractivity contribution in [2.45, 2.75) is 24.7 Å². The standard InChI is InChI=1S/C24H23ClN2O4S/c1-2-31-23-8-4-3-7-21(23)26-32(29,30)20-13-14-22-18(16-20)6-5-15-27(22)24(28)17-9-11-19(25)12-10-17/h3-4,7-14,16,26H,2,5-6,15H2,1H3. The lowest BCUT2D eigenvalue weighted by atomic mass is 10.0. The maximum Gasteiger partial charge on any atom is 0.262 e. The summed E-state index contributed by atoms with van der Waals surface area (Å²) in [6.45, 7) is 2.83. The van der Waals surface area contributed by atoms with Crippen molar-refractivity contribution in [1.82, 2.24) is 0 Å². The van der Waals surface area contributed by atoms with Gasteiger partial charge in [-0.2, -0.15) is 0 Å². The van der Waals surface area contributed by atoms with Gasteiger partial charge in [-0.1, -0.05) is 23.7 Å². The van der Waals surface area contributed by atoms with Gasteiger partial charge in [-0.05, 0) is 79.9 Å². The minimum atomic E-state index is -3.83. The number of nitrogens with one attached hydrogen (secondary N) is 1. The van der Waals surface area contributed by atoms with Crippen molar-refractivity contribution in [2.24, 2.45) is 0 Å². The van der Waals surface area contributed by atoms with Crippen LogP contribution < -0.4 is 14.4 Å². The van der Waals surface area contributed by atoms with Gasteiger partial charge < -0.3 is 9.64 Å². The van der Waals surface area contributed by atoms with Crippen LogP contribution in [0.5, 0.6) is 5.75 Å². The number of carbonyl (C=O) groups is 1. The van der Waals surface area contributed by atoms with E-state index in [2.05, 4.69) is 4.72 Å². The summed E-state index contributed by atoms with van der Waals surface area (Å²) >= 11 is 5.93. The van der Waals surface area contributed by atoms with Gasteiger partial charge in [0.15, 0.2) is 0 Å². The van der Waals surface area contributed by atoms with E-state index in [0.717, 1.165) is 17.7 Å². The number of amides is 1. The van der Waals surface area contributed by atoms with Gasteiger partial charge in [0.2, 0.25) is 0 Å². The minimum Gasteiger partial charge on any atom is -0.492 e. The van der Waals surface area contributed by atoms with Crippen molar-refractivity contribution in [3.05, 3.63) is 82.9 Å². The summed E-state index contributed by atoms with van der Waals surface area (Å²) in [7, 11) is -3.83. The normalized spacial score (nSPS) is 13.4. The third-order valence-electron chi connectivity index (χ3n) is 5.25. The predicted molar refractivity (Wildman–Crippen MR) is 126 cm³/mol. The number of aryl methyl sites for hydroxylation is 1. The second kappa shape index (κ2) is 9.22. The van der Waals surface area contributed by atoms with Gasteiger partial charge in [-0.25, -0.2) is 8.42 Å². The largest absolute Gasteiger partial charge is 0.492 e. The van der Waals surface area contributed by atoms with Crippen LogP contribution in [0.2, 0.25) is 5.02 Å². The number of hydrogen-bond donors (Lipinski definition) is 1. The summed E-state index contributed by atoms with van der Waals surface area (Å²) in [6, 6.07) is 18.5. The van der Waals surface area contributed by atoms with Gasteiger partial charge in [0, 0.05) is 22.8 Å². The van der Waals surface area contributed by atoms with E-state index in [9.17, 15) is 13.2 Å². The van der Waals surface area contributed by atoms with E-state index in [1.54, 1.807) is 65.6 Å². The molecule has 1 heterocycles. The molecule has 3 aromatic rings. The molecule has 0 spiro atoms. The molecular weight excluding hydrogens is 448 g/mol. The fourth-order valence-electron chi connectivity index (χ4n) is 3.74. The number of fused-ring (bicyclic) bond motifs is 1. The number of para-hydroxylation sites is 2. The number of carbonyl (C=O) groups excluding carboxylic acids is 1. The van der Waals surface area contributed by atoms with Crippen LogP contribution in [-0.4, -0.2) is 27.5 Å². The van der Waals surface area contributed by atoms with Crippen molar-refractivity contribution in [3.8, 4) is 5.75 Å². The van der Waals surface area contributed by atoms with E-state index in [1.807, 2.05) is 6.92 Å². The van der Waals surface area contributed by atoms with Crippen molar-refractivity contribution < 1.29 is 17.9 Å². The molecule has 0 bridgehead atoms. The molecule has 3 aromatic carbocycles. The van der Waals surface area contributed by atoms with Gasteiger partial charge in [0.05, 0.1) is 17.2 Å². The Labute approximate surface area is 192 Å². The van der Waals surface area contributed by atoms with Gasteiger partial charge in [-0.15, -0.1) is 0 Å². The number of hydrogen-bond acceptors (Lipinski definition) is 4. The predicted octanol–water partition coefficient (Wildman–Crippen LogP) is 5.13. The second-order valence-corrected chi connectivity index (χ2v) is 9.51. The number of nitrogens with zero attached hydrogens (tertiary/aromatic N) is 1. The molecule has 8 heteroatoms. The fraction of sp³-hybridized carbons (Fsp3) is 0.208. The molecule has 0 aliphatic carbocycles. The Morgan fingerprint density at radius 2 is 1.84 bits per heavy atom. The zero-order chi connectivity index (χ0) is 22.7. The SMILES string of the molecule is CCOc1ccccc1NS(=O)(=O)c1ccc2c(c1)CCCN2C(=O)c1ccc(Cl)cc1. The number of anilines is 2. The molecule has 32 heavy (non-hydrogen) atoms. The highest BCUT2D eigenvalue weighted by atomic mass is 35.5. The van der Waals surface area contributed by atoms with Crippen molar-refractivity contribution in [2.75, 3.05) is 22.8 Å². The summed E-state index contributed by atoms with van der Waals surface area (Å²) in [5.74, 6) is 0.332. The molecule has 0 saturated carbocycles. The van der Waals surface area contributed by atoms with E-state index in [0.29, 0.717) is 41.6 Å². The summed E-state index contributed by atoms with van der Waals surface area (Å²) in [5, 5.41) is 0.564. The number of halogens is 1. The zero-order valence-corrected chi connectivity index (χ0v) is 19.1.